The van der Waals surface area contributed by atoms with Gasteiger partial charge in [0.2, 0.25) is 5.91 Å². The van der Waals surface area contributed by atoms with E-state index in [-0.39, 0.29) is 17.2 Å². The number of likely N-dealkylation sites (tertiary alicyclic amines) is 1. The number of hydrogen-bond acceptors (Lipinski definition) is 6. The van der Waals surface area contributed by atoms with Crippen LogP contribution in [0.4, 0.5) is 0 Å². The molecule has 1 saturated heterocycles. The summed E-state index contributed by atoms with van der Waals surface area (Å²) in [5.74, 6) is 2.43. The maximum Gasteiger partial charge on any atom is 0.272 e. The number of methoxy groups -OCH3 is 1. The van der Waals surface area contributed by atoms with E-state index >= 15 is 0 Å². The fraction of sp³-hybridized carbons (Fsp3) is 0.370. The Balaban J connectivity index is 1.29. The van der Waals surface area contributed by atoms with Crippen LogP contribution in [0.5, 0.6) is 5.75 Å². The molecule has 6 nitrogen and oxygen atoms in total. The van der Waals surface area contributed by atoms with Gasteiger partial charge in [0.15, 0.2) is 5.16 Å². The minimum atomic E-state index is -0.0846. The van der Waals surface area contributed by atoms with Gasteiger partial charge in [-0.05, 0) is 42.9 Å². The molecule has 3 aromatic rings. The molecule has 2 aliphatic rings. The first-order chi connectivity index (χ1) is 17.1. The van der Waals surface area contributed by atoms with Gasteiger partial charge in [-0.25, -0.2) is 4.98 Å². The highest BCUT2D eigenvalue weighted by Gasteiger charge is 2.26. The van der Waals surface area contributed by atoms with Crippen LogP contribution in [0.25, 0.3) is 5.69 Å². The lowest BCUT2D eigenvalue weighted by Crippen LogP contribution is -2.40. The van der Waals surface area contributed by atoms with Crippen LogP contribution in [0.1, 0.15) is 24.1 Å². The summed E-state index contributed by atoms with van der Waals surface area (Å²) in [4.78, 5) is 34.0. The molecule has 0 aliphatic carbocycles. The van der Waals surface area contributed by atoms with Crippen molar-refractivity contribution >= 4 is 29.4 Å². The largest absolute Gasteiger partial charge is 0.495 e. The van der Waals surface area contributed by atoms with Gasteiger partial charge in [0.25, 0.3) is 5.56 Å². The van der Waals surface area contributed by atoms with Crippen LogP contribution < -0.4 is 10.3 Å². The molecule has 0 spiro atoms. The van der Waals surface area contributed by atoms with Crippen LogP contribution in [-0.2, 0) is 17.6 Å². The predicted molar refractivity (Wildman–Crippen MR) is 141 cm³/mol. The molecule has 0 bridgehead atoms. The van der Waals surface area contributed by atoms with Crippen molar-refractivity contribution in [2.75, 3.05) is 31.7 Å². The molecule has 5 rings (SSSR count). The van der Waals surface area contributed by atoms with Crippen molar-refractivity contribution in [1.82, 2.24) is 14.5 Å². The second-order valence-corrected chi connectivity index (χ2v) is 10.9. The van der Waals surface area contributed by atoms with E-state index in [0.717, 1.165) is 50.2 Å². The second-order valence-electron chi connectivity index (χ2n) is 8.88. The molecule has 35 heavy (non-hydrogen) atoms. The number of ether oxygens (including phenoxy) is 1. The molecule has 3 heterocycles. The number of fused-ring (bicyclic) bond motifs is 1. The van der Waals surface area contributed by atoms with Gasteiger partial charge >= 0.3 is 0 Å². The molecule has 0 atom stereocenters. The standard InChI is InChI=1S/C27H29N3O3S2/c1-33-23-10-6-5-9-22(23)30-26(32)25-21(13-16-34-25)28-27(30)35-18-24(31)29-14-11-20(12-15-29)17-19-7-3-2-4-8-19/h2-10,20H,11-18H2,1H3. The zero-order chi connectivity index (χ0) is 24.2. The fourth-order valence-corrected chi connectivity index (χ4v) is 6.72. The van der Waals surface area contributed by atoms with Gasteiger partial charge in [-0.1, -0.05) is 54.2 Å². The number of para-hydroxylation sites is 2. The van der Waals surface area contributed by atoms with Crippen LogP contribution in [0.3, 0.4) is 0 Å². The van der Waals surface area contributed by atoms with E-state index in [4.69, 9.17) is 9.72 Å². The summed E-state index contributed by atoms with van der Waals surface area (Å²) >= 11 is 2.89. The van der Waals surface area contributed by atoms with Gasteiger partial charge in [-0.2, -0.15) is 0 Å². The van der Waals surface area contributed by atoms with Crippen LogP contribution in [0.2, 0.25) is 0 Å². The SMILES string of the molecule is COc1ccccc1-n1c(SCC(=O)N2CCC(Cc3ccccc3)CC2)nc2c(c1=O)SCC2. The lowest BCUT2D eigenvalue weighted by Gasteiger charge is -2.32. The van der Waals surface area contributed by atoms with Crippen molar-refractivity contribution in [1.29, 1.82) is 0 Å². The predicted octanol–water partition coefficient (Wildman–Crippen LogP) is 4.46. The number of thioether (sulfide) groups is 2. The fourth-order valence-electron chi connectivity index (χ4n) is 4.77. The molecule has 182 valence electrons. The summed E-state index contributed by atoms with van der Waals surface area (Å²) in [6, 6.07) is 18.0. The molecule has 1 aromatic heterocycles. The Bertz CT molecular complexity index is 1250. The Morgan fingerprint density at radius 3 is 2.63 bits per heavy atom. The van der Waals surface area contributed by atoms with Crippen LogP contribution in [0, 0.1) is 5.92 Å². The van der Waals surface area contributed by atoms with Crippen molar-refractivity contribution in [2.24, 2.45) is 5.92 Å². The molecule has 8 heteroatoms. The Kier molecular flexibility index (Phi) is 7.48. The van der Waals surface area contributed by atoms with Crippen molar-refractivity contribution in [3.05, 3.63) is 76.2 Å². The van der Waals surface area contributed by atoms with E-state index in [0.29, 0.717) is 27.4 Å². The first-order valence-electron chi connectivity index (χ1n) is 12.0. The smallest absolute Gasteiger partial charge is 0.272 e. The third-order valence-electron chi connectivity index (χ3n) is 6.65. The summed E-state index contributed by atoms with van der Waals surface area (Å²) in [5, 5.41) is 0.549. The Hall–Kier alpha value is -2.71. The minimum absolute atomic E-state index is 0.0846. The number of piperidine rings is 1. The highest BCUT2D eigenvalue weighted by Crippen LogP contribution is 2.32. The van der Waals surface area contributed by atoms with Crippen molar-refractivity contribution in [2.45, 2.75) is 35.7 Å². The van der Waals surface area contributed by atoms with Crippen LogP contribution >= 0.6 is 23.5 Å². The normalized spacial score (nSPS) is 15.7. The third kappa shape index (κ3) is 5.28. The van der Waals surface area contributed by atoms with Crippen LogP contribution in [0.15, 0.2) is 69.4 Å². The van der Waals surface area contributed by atoms with Crippen molar-refractivity contribution < 1.29 is 9.53 Å². The maximum atomic E-state index is 13.4. The maximum absolute atomic E-state index is 13.4. The summed E-state index contributed by atoms with van der Waals surface area (Å²) in [7, 11) is 1.59. The number of carbonyl (C=O) groups excluding carboxylic acids is 1. The molecule has 2 aromatic carbocycles. The van der Waals surface area contributed by atoms with E-state index in [9.17, 15) is 9.59 Å². The number of hydrogen-bond donors (Lipinski definition) is 0. The molecule has 1 fully saturated rings. The molecular formula is C27H29N3O3S2. The summed E-state index contributed by atoms with van der Waals surface area (Å²) in [6.07, 6.45) is 3.88. The van der Waals surface area contributed by atoms with Gasteiger partial charge in [0, 0.05) is 25.3 Å². The molecule has 0 unspecified atom stereocenters. The van der Waals surface area contributed by atoms with E-state index in [1.54, 1.807) is 23.4 Å². The number of aryl methyl sites for hydroxylation is 1. The molecule has 1 amide bonds. The summed E-state index contributed by atoms with van der Waals surface area (Å²) in [5.41, 5.74) is 2.77. The van der Waals surface area contributed by atoms with E-state index in [1.165, 1.54) is 17.3 Å². The zero-order valence-electron chi connectivity index (χ0n) is 19.8. The van der Waals surface area contributed by atoms with Gasteiger partial charge < -0.3 is 9.64 Å². The number of benzene rings is 2. The number of nitrogens with zero attached hydrogens (tertiary/aromatic N) is 3. The van der Waals surface area contributed by atoms with Crippen molar-refractivity contribution in [3.8, 4) is 11.4 Å². The average molecular weight is 508 g/mol. The Labute approximate surface area is 214 Å². The van der Waals surface area contributed by atoms with Crippen LogP contribution in [-0.4, -0.2) is 52.1 Å². The van der Waals surface area contributed by atoms with Gasteiger partial charge in [-0.3, -0.25) is 14.2 Å². The van der Waals surface area contributed by atoms with E-state index in [1.807, 2.05) is 35.2 Å². The summed E-state index contributed by atoms with van der Waals surface area (Å²) < 4.78 is 7.13. The minimum Gasteiger partial charge on any atom is -0.495 e. The topological polar surface area (TPSA) is 64.4 Å². The first-order valence-corrected chi connectivity index (χ1v) is 14.0. The second kappa shape index (κ2) is 10.9. The molecule has 2 aliphatic heterocycles. The van der Waals surface area contributed by atoms with Gasteiger partial charge in [0.1, 0.15) is 5.75 Å². The van der Waals surface area contributed by atoms with Gasteiger partial charge in [0.05, 0.1) is 29.1 Å². The number of carbonyl (C=O) groups is 1. The highest BCUT2D eigenvalue weighted by atomic mass is 32.2. The molecule has 0 saturated carbocycles. The quantitative estimate of drug-likeness (QED) is 0.348. The lowest BCUT2D eigenvalue weighted by atomic mass is 9.90. The third-order valence-corrected chi connectivity index (χ3v) is 8.68. The lowest BCUT2D eigenvalue weighted by molar-refractivity contribution is -0.129. The molecular weight excluding hydrogens is 478 g/mol. The number of amides is 1. The number of aromatic nitrogens is 2. The first kappa shape index (κ1) is 24.0. The average Bonchev–Trinajstić information content (AvgIpc) is 3.37. The zero-order valence-corrected chi connectivity index (χ0v) is 21.4. The van der Waals surface area contributed by atoms with Crippen molar-refractivity contribution in [3.63, 3.8) is 0 Å². The van der Waals surface area contributed by atoms with E-state index < -0.39 is 0 Å². The number of rotatable bonds is 7. The highest BCUT2D eigenvalue weighted by molar-refractivity contribution is 8.00. The van der Waals surface area contributed by atoms with E-state index in [2.05, 4.69) is 24.3 Å². The summed E-state index contributed by atoms with van der Waals surface area (Å²) in [6.45, 7) is 1.56. The molecule has 0 N–H and O–H groups in total. The molecule has 0 radical (unpaired) electrons. The monoisotopic (exact) mass is 507 g/mol. The van der Waals surface area contributed by atoms with Gasteiger partial charge in [-0.15, -0.1) is 11.8 Å². The Morgan fingerprint density at radius 2 is 1.86 bits per heavy atom. The Morgan fingerprint density at radius 1 is 1.11 bits per heavy atom.